The van der Waals surface area contributed by atoms with Gasteiger partial charge in [-0.3, -0.25) is 4.79 Å². The third-order valence-electron chi connectivity index (χ3n) is 7.79. The number of nitrogens with one attached hydrogen (secondary N) is 2. The van der Waals surface area contributed by atoms with Gasteiger partial charge in [-0.15, -0.1) is 0 Å². The molecule has 0 spiro atoms. The Morgan fingerprint density at radius 2 is 1.54 bits per heavy atom. The van der Waals surface area contributed by atoms with Crippen LogP contribution >= 0.6 is 0 Å². The quantitative estimate of drug-likeness (QED) is 0.786. The van der Waals surface area contributed by atoms with E-state index in [1.807, 2.05) is 6.92 Å². The smallest absolute Gasteiger partial charge is 0.242 e. The van der Waals surface area contributed by atoms with Crippen LogP contribution in [0.15, 0.2) is 24.3 Å². The third-order valence-corrected chi connectivity index (χ3v) is 7.79. The summed E-state index contributed by atoms with van der Waals surface area (Å²) >= 11 is 0. The van der Waals surface area contributed by atoms with E-state index in [0.717, 1.165) is 36.5 Å². The van der Waals surface area contributed by atoms with Crippen molar-refractivity contribution in [2.45, 2.75) is 76.3 Å². The zero-order valence-corrected chi connectivity index (χ0v) is 17.3. The Balaban J connectivity index is 1.18. The van der Waals surface area contributed by atoms with Crippen LogP contribution in [0.25, 0.3) is 0 Å². The van der Waals surface area contributed by atoms with E-state index < -0.39 is 0 Å². The lowest BCUT2D eigenvalue weighted by Crippen LogP contribution is -2.61. The van der Waals surface area contributed by atoms with Gasteiger partial charge < -0.3 is 15.5 Å². The van der Waals surface area contributed by atoms with Gasteiger partial charge in [0.25, 0.3) is 0 Å². The first kappa shape index (κ1) is 18.3. The molecular formula is C24H35N3O. The van der Waals surface area contributed by atoms with Crippen molar-refractivity contribution in [2.75, 3.05) is 23.3 Å². The highest BCUT2D eigenvalue weighted by molar-refractivity contribution is 5.85. The van der Waals surface area contributed by atoms with Crippen LogP contribution < -0.4 is 15.5 Å². The number of piperidine rings is 1. The highest BCUT2D eigenvalue weighted by Gasteiger charge is 2.51. The van der Waals surface area contributed by atoms with Crippen LogP contribution in [-0.2, 0) is 4.79 Å². The fourth-order valence-corrected chi connectivity index (χ4v) is 6.87. The zero-order chi connectivity index (χ0) is 19.1. The van der Waals surface area contributed by atoms with Gasteiger partial charge in [-0.25, -0.2) is 0 Å². The van der Waals surface area contributed by atoms with Crippen LogP contribution in [0.4, 0.5) is 11.4 Å². The first-order valence-corrected chi connectivity index (χ1v) is 11.5. The Labute approximate surface area is 169 Å². The molecule has 5 aliphatic rings. The van der Waals surface area contributed by atoms with Crippen LogP contribution in [0.5, 0.6) is 0 Å². The van der Waals surface area contributed by atoms with Crippen LogP contribution in [0, 0.1) is 17.8 Å². The lowest BCUT2D eigenvalue weighted by atomic mass is 9.53. The molecule has 1 aromatic rings. The Morgan fingerprint density at radius 1 is 0.964 bits per heavy atom. The van der Waals surface area contributed by atoms with Gasteiger partial charge in [-0.2, -0.15) is 0 Å². The monoisotopic (exact) mass is 381 g/mol. The highest BCUT2D eigenvalue weighted by Crippen LogP contribution is 2.55. The molecule has 4 bridgehead atoms. The summed E-state index contributed by atoms with van der Waals surface area (Å²) in [6, 6.07) is 8.43. The Bertz CT molecular complexity index is 672. The molecule has 0 radical (unpaired) electrons. The second kappa shape index (κ2) is 7.27. The summed E-state index contributed by atoms with van der Waals surface area (Å²) in [5.41, 5.74) is 2.43. The summed E-state index contributed by atoms with van der Waals surface area (Å²) < 4.78 is 0. The summed E-state index contributed by atoms with van der Waals surface area (Å²) in [5, 5.41) is 6.92. The molecule has 4 saturated carbocycles. The van der Waals surface area contributed by atoms with Gasteiger partial charge in [0.2, 0.25) is 5.91 Å². The summed E-state index contributed by atoms with van der Waals surface area (Å²) in [6.07, 6.45) is 11.8. The first-order valence-electron chi connectivity index (χ1n) is 11.5. The highest BCUT2D eigenvalue weighted by atomic mass is 16.2. The van der Waals surface area contributed by atoms with Gasteiger partial charge in [0.15, 0.2) is 0 Å². The normalized spacial score (nSPS) is 34.9. The molecule has 1 amide bonds. The van der Waals surface area contributed by atoms with Crippen LogP contribution in [0.1, 0.15) is 64.7 Å². The predicted molar refractivity (Wildman–Crippen MR) is 115 cm³/mol. The third kappa shape index (κ3) is 3.62. The van der Waals surface area contributed by atoms with Crippen molar-refractivity contribution in [3.8, 4) is 0 Å². The number of carbonyl (C=O) groups excluding carboxylic acids is 1. The van der Waals surface area contributed by atoms with E-state index in [4.69, 9.17) is 0 Å². The van der Waals surface area contributed by atoms with Crippen molar-refractivity contribution < 1.29 is 4.79 Å². The average Bonchev–Trinajstić information content (AvgIpc) is 2.68. The zero-order valence-electron chi connectivity index (χ0n) is 17.3. The van der Waals surface area contributed by atoms with Crippen LogP contribution in [0.2, 0.25) is 0 Å². The molecule has 2 N–H and O–H groups in total. The Kier molecular flexibility index (Phi) is 4.76. The summed E-state index contributed by atoms with van der Waals surface area (Å²) in [5.74, 6) is 2.74. The summed E-state index contributed by atoms with van der Waals surface area (Å²) in [6.45, 7) is 4.32. The number of rotatable bonds is 5. The Hall–Kier alpha value is -1.71. The van der Waals surface area contributed by atoms with E-state index in [9.17, 15) is 4.79 Å². The molecule has 152 valence electrons. The molecule has 6 rings (SSSR count). The van der Waals surface area contributed by atoms with Crippen LogP contribution in [0.3, 0.4) is 0 Å². The number of benzene rings is 1. The molecule has 4 aliphatic carbocycles. The fourth-order valence-electron chi connectivity index (χ4n) is 6.87. The summed E-state index contributed by atoms with van der Waals surface area (Å²) in [4.78, 5) is 15.4. The maximum Gasteiger partial charge on any atom is 0.242 e. The first-order chi connectivity index (χ1) is 13.6. The average molecular weight is 382 g/mol. The lowest BCUT2D eigenvalue weighted by molar-refractivity contribution is -0.127. The molecule has 28 heavy (non-hydrogen) atoms. The summed E-state index contributed by atoms with van der Waals surface area (Å²) in [7, 11) is 0. The largest absolute Gasteiger partial charge is 0.374 e. The van der Waals surface area contributed by atoms with Crippen molar-refractivity contribution >= 4 is 17.3 Å². The van der Waals surface area contributed by atoms with Gasteiger partial charge in [0, 0.05) is 30.0 Å². The second-order valence-electron chi connectivity index (χ2n) is 10.1. The van der Waals surface area contributed by atoms with Gasteiger partial charge in [-0.05, 0) is 107 Å². The molecule has 5 fully saturated rings. The maximum atomic E-state index is 13.0. The predicted octanol–water partition coefficient (Wildman–Crippen LogP) is 4.56. The number of anilines is 2. The van der Waals surface area contributed by atoms with E-state index in [2.05, 4.69) is 39.8 Å². The van der Waals surface area contributed by atoms with E-state index in [1.54, 1.807) is 0 Å². The van der Waals surface area contributed by atoms with Crippen molar-refractivity contribution in [1.82, 2.24) is 5.32 Å². The minimum atomic E-state index is -0.200. The molecule has 1 atom stereocenters. The van der Waals surface area contributed by atoms with Crippen molar-refractivity contribution in [2.24, 2.45) is 17.8 Å². The number of amides is 1. The minimum Gasteiger partial charge on any atom is -0.374 e. The van der Waals surface area contributed by atoms with Crippen LogP contribution in [-0.4, -0.2) is 30.6 Å². The Morgan fingerprint density at radius 3 is 2.11 bits per heavy atom. The van der Waals surface area contributed by atoms with Gasteiger partial charge in [0.05, 0.1) is 0 Å². The minimum absolute atomic E-state index is 0.0971. The molecule has 1 heterocycles. The fraction of sp³-hybridized carbons (Fsp3) is 0.708. The number of carbonyl (C=O) groups is 1. The number of nitrogens with zero attached hydrogens (tertiary/aromatic N) is 1. The molecule has 4 nitrogen and oxygen atoms in total. The number of hydrogen-bond acceptors (Lipinski definition) is 3. The van der Waals surface area contributed by atoms with E-state index in [0.29, 0.717) is 0 Å². The van der Waals surface area contributed by atoms with Crippen molar-refractivity contribution in [3.05, 3.63) is 24.3 Å². The van der Waals surface area contributed by atoms with Gasteiger partial charge in [0.1, 0.15) is 6.04 Å². The maximum absolute atomic E-state index is 13.0. The van der Waals surface area contributed by atoms with Gasteiger partial charge >= 0.3 is 0 Å². The van der Waals surface area contributed by atoms with Crippen molar-refractivity contribution in [1.29, 1.82) is 0 Å². The van der Waals surface area contributed by atoms with Gasteiger partial charge in [-0.1, -0.05) is 0 Å². The lowest BCUT2D eigenvalue weighted by Gasteiger charge is -2.57. The number of hydrogen-bond donors (Lipinski definition) is 2. The molecule has 1 saturated heterocycles. The molecule has 1 aliphatic heterocycles. The molecule has 1 aromatic carbocycles. The van der Waals surface area contributed by atoms with E-state index in [1.165, 1.54) is 63.5 Å². The SMILES string of the molecule is C[C@@H](Nc1ccc(N2CCCCC2)cc1)C(=O)NC12CC3CC(CC(C3)C1)C2. The second-order valence-corrected chi connectivity index (χ2v) is 10.1. The van der Waals surface area contributed by atoms with E-state index >= 15 is 0 Å². The molecule has 0 unspecified atom stereocenters. The standard InChI is InChI=1S/C24H35N3O/c1-17(25-21-5-7-22(8-6-21)27-9-3-2-4-10-27)23(28)26-24-14-18-11-19(15-24)13-20(12-18)16-24/h5-8,17-20,25H,2-4,9-16H2,1H3,(H,26,28)/t17-,18?,19?,20?,24?/m1/s1. The topological polar surface area (TPSA) is 44.4 Å². The van der Waals surface area contributed by atoms with E-state index in [-0.39, 0.29) is 17.5 Å². The molecular weight excluding hydrogens is 346 g/mol. The van der Waals surface area contributed by atoms with Crippen molar-refractivity contribution in [3.63, 3.8) is 0 Å². The molecule has 4 heteroatoms. The molecule has 0 aromatic heterocycles.